The zero-order chi connectivity index (χ0) is 13.7. The van der Waals surface area contributed by atoms with Gasteiger partial charge in [0.15, 0.2) is 0 Å². The first-order valence-electron chi connectivity index (χ1n) is 6.29. The van der Waals surface area contributed by atoms with E-state index in [0.717, 1.165) is 5.56 Å². The van der Waals surface area contributed by atoms with Gasteiger partial charge in [0.05, 0.1) is 4.83 Å². The molecule has 0 aliphatic carbocycles. The van der Waals surface area contributed by atoms with E-state index >= 15 is 0 Å². The number of amides is 1. The number of alkyl halides is 1. The Bertz CT molecular complexity index is 449. The predicted molar refractivity (Wildman–Crippen MR) is 75.2 cm³/mol. The Morgan fingerprint density at radius 1 is 1.37 bits per heavy atom. The van der Waals surface area contributed by atoms with Crippen LogP contribution >= 0.6 is 15.9 Å². The van der Waals surface area contributed by atoms with Crippen LogP contribution in [0.25, 0.3) is 0 Å². The van der Waals surface area contributed by atoms with Crippen LogP contribution in [0, 0.1) is 0 Å². The minimum atomic E-state index is -0.358. The van der Waals surface area contributed by atoms with Gasteiger partial charge in [-0.1, -0.05) is 46.3 Å². The van der Waals surface area contributed by atoms with Gasteiger partial charge in [0.25, 0.3) is 0 Å². The van der Waals surface area contributed by atoms with Gasteiger partial charge in [-0.05, 0) is 12.0 Å². The van der Waals surface area contributed by atoms with Crippen molar-refractivity contribution >= 4 is 27.8 Å². The Morgan fingerprint density at radius 2 is 2.11 bits per heavy atom. The molecule has 0 bridgehead atoms. The van der Waals surface area contributed by atoms with Gasteiger partial charge in [-0.3, -0.25) is 4.79 Å². The van der Waals surface area contributed by atoms with Gasteiger partial charge in [-0.15, -0.1) is 0 Å². The second-order valence-corrected chi connectivity index (χ2v) is 5.63. The van der Waals surface area contributed by atoms with Gasteiger partial charge in [0.1, 0.15) is 12.4 Å². The number of hydrogen-bond donors (Lipinski definition) is 0. The van der Waals surface area contributed by atoms with Gasteiger partial charge in [-0.2, -0.15) is 0 Å². The SMILES string of the molecule is O=C1CCCN(C(=O)OCc2ccccc2)CC1Br. The number of ketones is 1. The van der Waals surface area contributed by atoms with Gasteiger partial charge < -0.3 is 9.64 Å². The Balaban J connectivity index is 1.87. The van der Waals surface area contributed by atoms with Crippen LogP contribution in [0.15, 0.2) is 30.3 Å². The molecule has 1 aromatic carbocycles. The highest BCUT2D eigenvalue weighted by atomic mass is 79.9. The zero-order valence-corrected chi connectivity index (χ0v) is 12.1. The highest BCUT2D eigenvalue weighted by molar-refractivity contribution is 9.10. The summed E-state index contributed by atoms with van der Waals surface area (Å²) in [5.74, 6) is 0.151. The van der Waals surface area contributed by atoms with E-state index in [0.29, 0.717) is 25.9 Å². The first-order chi connectivity index (χ1) is 9.16. The molecule has 1 aliphatic rings. The molecule has 102 valence electrons. The summed E-state index contributed by atoms with van der Waals surface area (Å²) < 4.78 is 5.26. The number of benzene rings is 1. The first-order valence-corrected chi connectivity index (χ1v) is 7.21. The quantitative estimate of drug-likeness (QED) is 0.785. The van der Waals surface area contributed by atoms with E-state index in [-0.39, 0.29) is 23.3 Å². The fraction of sp³-hybridized carbons (Fsp3) is 0.429. The molecule has 19 heavy (non-hydrogen) atoms. The van der Waals surface area contributed by atoms with Crippen LogP contribution in [0.3, 0.4) is 0 Å². The van der Waals surface area contributed by atoms with Crippen molar-refractivity contribution in [3.05, 3.63) is 35.9 Å². The smallest absolute Gasteiger partial charge is 0.410 e. The number of halogens is 1. The summed E-state index contributed by atoms with van der Waals surface area (Å²) in [6, 6.07) is 9.55. The van der Waals surface area contributed by atoms with Crippen LogP contribution in [-0.2, 0) is 16.1 Å². The van der Waals surface area contributed by atoms with E-state index in [9.17, 15) is 9.59 Å². The maximum absolute atomic E-state index is 11.9. The third-order valence-electron chi connectivity index (χ3n) is 3.04. The maximum Gasteiger partial charge on any atom is 0.410 e. The highest BCUT2D eigenvalue weighted by Crippen LogP contribution is 2.15. The molecule has 0 radical (unpaired) electrons. The number of Topliss-reactive ketones (excluding diaryl/α,β-unsaturated/α-hetero) is 1. The molecule has 2 rings (SSSR count). The van der Waals surface area contributed by atoms with E-state index in [1.54, 1.807) is 4.90 Å². The molecular formula is C14H16BrNO3. The van der Waals surface area contributed by atoms with E-state index < -0.39 is 0 Å². The summed E-state index contributed by atoms with van der Waals surface area (Å²) in [5, 5.41) is 0. The fourth-order valence-corrected chi connectivity index (χ4v) is 2.54. The summed E-state index contributed by atoms with van der Waals surface area (Å²) >= 11 is 3.31. The van der Waals surface area contributed by atoms with Crippen LogP contribution in [-0.4, -0.2) is 34.7 Å². The molecule has 1 heterocycles. The monoisotopic (exact) mass is 325 g/mol. The zero-order valence-electron chi connectivity index (χ0n) is 10.5. The number of rotatable bonds is 2. The lowest BCUT2D eigenvalue weighted by Gasteiger charge is -2.21. The highest BCUT2D eigenvalue weighted by Gasteiger charge is 2.26. The van der Waals surface area contributed by atoms with Crippen LogP contribution in [0.5, 0.6) is 0 Å². The van der Waals surface area contributed by atoms with Crippen LogP contribution < -0.4 is 0 Å². The number of carbonyl (C=O) groups is 2. The normalized spacial score (nSPS) is 19.9. The second-order valence-electron chi connectivity index (χ2n) is 4.52. The molecule has 1 aliphatic heterocycles. The van der Waals surface area contributed by atoms with Gasteiger partial charge in [0.2, 0.25) is 0 Å². The summed E-state index contributed by atoms with van der Waals surface area (Å²) in [6.07, 6.45) is 0.850. The first kappa shape index (κ1) is 14.1. The summed E-state index contributed by atoms with van der Waals surface area (Å²) in [7, 11) is 0. The lowest BCUT2D eigenvalue weighted by Crippen LogP contribution is -2.36. The third-order valence-corrected chi connectivity index (χ3v) is 3.84. The minimum absolute atomic E-state index is 0.151. The molecule has 1 fully saturated rings. The molecule has 1 aromatic rings. The van der Waals surface area contributed by atoms with E-state index in [1.165, 1.54) is 0 Å². The van der Waals surface area contributed by atoms with Crippen LogP contribution in [0.2, 0.25) is 0 Å². The van der Waals surface area contributed by atoms with E-state index in [1.807, 2.05) is 30.3 Å². The molecule has 0 spiro atoms. The third kappa shape index (κ3) is 4.06. The Kier molecular flexibility index (Phi) is 4.96. The van der Waals surface area contributed by atoms with E-state index in [2.05, 4.69) is 15.9 Å². The Labute approximate surface area is 120 Å². The van der Waals surface area contributed by atoms with Crippen molar-refractivity contribution in [2.45, 2.75) is 24.3 Å². The van der Waals surface area contributed by atoms with Crippen molar-refractivity contribution in [2.24, 2.45) is 0 Å². The molecule has 0 saturated carbocycles. The van der Waals surface area contributed by atoms with Crippen molar-refractivity contribution in [2.75, 3.05) is 13.1 Å². The van der Waals surface area contributed by atoms with Crippen molar-refractivity contribution in [3.8, 4) is 0 Å². The standard InChI is InChI=1S/C14H16BrNO3/c15-12-9-16(8-4-7-13(12)17)14(18)19-10-11-5-2-1-3-6-11/h1-3,5-6,12H,4,7-10H2. The maximum atomic E-state index is 11.9. The second kappa shape index (κ2) is 6.70. The van der Waals surface area contributed by atoms with Gasteiger partial charge in [-0.25, -0.2) is 4.79 Å². The minimum Gasteiger partial charge on any atom is -0.445 e. The fourth-order valence-electron chi connectivity index (χ4n) is 1.96. The Hall–Kier alpha value is -1.36. The van der Waals surface area contributed by atoms with Crippen molar-refractivity contribution < 1.29 is 14.3 Å². The summed E-state index contributed by atoms with van der Waals surface area (Å²) in [4.78, 5) is 24.8. The van der Waals surface area contributed by atoms with Crippen molar-refractivity contribution in [3.63, 3.8) is 0 Å². The van der Waals surface area contributed by atoms with Gasteiger partial charge in [0, 0.05) is 19.5 Å². The molecule has 1 atom stereocenters. The predicted octanol–water partition coefficient (Wildman–Crippen LogP) is 2.75. The summed E-state index contributed by atoms with van der Waals surface area (Å²) in [6.45, 7) is 1.21. The number of likely N-dealkylation sites (tertiary alicyclic amines) is 1. The largest absolute Gasteiger partial charge is 0.445 e. The van der Waals surface area contributed by atoms with Crippen molar-refractivity contribution in [1.82, 2.24) is 4.90 Å². The molecule has 4 nitrogen and oxygen atoms in total. The molecule has 0 aromatic heterocycles. The summed E-state index contributed by atoms with van der Waals surface area (Å²) in [5.41, 5.74) is 0.956. The van der Waals surface area contributed by atoms with Crippen LogP contribution in [0.4, 0.5) is 4.79 Å². The van der Waals surface area contributed by atoms with Crippen LogP contribution in [0.1, 0.15) is 18.4 Å². The molecule has 1 unspecified atom stereocenters. The molecule has 1 amide bonds. The van der Waals surface area contributed by atoms with Crippen molar-refractivity contribution in [1.29, 1.82) is 0 Å². The molecular weight excluding hydrogens is 310 g/mol. The van der Waals surface area contributed by atoms with E-state index in [4.69, 9.17) is 4.74 Å². The lowest BCUT2D eigenvalue weighted by atomic mass is 10.2. The van der Waals surface area contributed by atoms with Gasteiger partial charge >= 0.3 is 6.09 Å². The lowest BCUT2D eigenvalue weighted by molar-refractivity contribution is -0.118. The number of nitrogens with zero attached hydrogens (tertiary/aromatic N) is 1. The average molecular weight is 326 g/mol. The average Bonchev–Trinajstić information content (AvgIpc) is 2.60. The molecule has 5 heteroatoms. The number of hydrogen-bond acceptors (Lipinski definition) is 3. The topological polar surface area (TPSA) is 46.6 Å². The Morgan fingerprint density at radius 3 is 2.84 bits per heavy atom. The number of carbonyl (C=O) groups excluding carboxylic acids is 2. The number of ether oxygens (including phenoxy) is 1. The molecule has 0 N–H and O–H groups in total. The molecule has 1 saturated heterocycles.